The van der Waals surface area contributed by atoms with Crippen molar-refractivity contribution >= 4 is 17.5 Å². The molecule has 1 saturated heterocycles. The third-order valence-electron chi connectivity index (χ3n) is 2.75. The Kier molecular flexibility index (Phi) is 3.42. The summed E-state index contributed by atoms with van der Waals surface area (Å²) in [4.78, 5) is 28.2. The molecule has 0 atom stereocenters. The number of nitrogens with two attached hydrogens (primary N) is 2. The molecule has 0 saturated carbocycles. The van der Waals surface area contributed by atoms with Crippen molar-refractivity contribution < 1.29 is 14.3 Å². The summed E-state index contributed by atoms with van der Waals surface area (Å²) in [5.74, 6) is -1.22. The molecule has 0 bridgehead atoms. The Bertz CT molecular complexity index is 483. The number of ether oxygens (including phenoxy) is 1. The lowest BCUT2D eigenvalue weighted by Crippen LogP contribution is -2.37. The van der Waals surface area contributed by atoms with Crippen LogP contribution in [0.15, 0.2) is 12.3 Å². The summed E-state index contributed by atoms with van der Waals surface area (Å²) in [5.41, 5.74) is 11.4. The number of hydrogen-bond acceptors (Lipinski definition) is 5. The molecule has 1 fully saturated rings. The van der Waals surface area contributed by atoms with Gasteiger partial charge in [0.25, 0.3) is 11.8 Å². The van der Waals surface area contributed by atoms with Gasteiger partial charge in [-0.15, -0.1) is 0 Å². The predicted molar refractivity (Wildman–Crippen MR) is 64.3 cm³/mol. The predicted octanol–water partition coefficient (Wildman–Crippen LogP) is -0.884. The van der Waals surface area contributed by atoms with E-state index >= 15 is 0 Å². The van der Waals surface area contributed by atoms with E-state index in [1.807, 2.05) is 4.90 Å². The zero-order chi connectivity index (χ0) is 13.1. The lowest BCUT2D eigenvalue weighted by molar-refractivity contribution is 0.0983. The first kappa shape index (κ1) is 12.3. The third kappa shape index (κ3) is 2.40. The molecule has 0 unspecified atom stereocenters. The number of nitrogens with zero attached hydrogens (tertiary/aromatic N) is 2. The van der Waals surface area contributed by atoms with Crippen molar-refractivity contribution in [2.24, 2.45) is 11.5 Å². The van der Waals surface area contributed by atoms with E-state index in [9.17, 15) is 9.59 Å². The molecule has 2 amide bonds. The second-order valence-electron chi connectivity index (χ2n) is 3.91. The van der Waals surface area contributed by atoms with Gasteiger partial charge in [-0.2, -0.15) is 0 Å². The van der Waals surface area contributed by atoms with Crippen molar-refractivity contribution in [3.8, 4) is 0 Å². The topological polar surface area (TPSA) is 112 Å². The van der Waals surface area contributed by atoms with Crippen LogP contribution in [0.2, 0.25) is 0 Å². The first-order chi connectivity index (χ1) is 8.59. The quantitative estimate of drug-likeness (QED) is 0.723. The van der Waals surface area contributed by atoms with Crippen molar-refractivity contribution in [3.05, 3.63) is 23.5 Å². The van der Waals surface area contributed by atoms with Gasteiger partial charge in [-0.05, 0) is 6.07 Å². The van der Waals surface area contributed by atoms with Crippen LogP contribution in [0, 0.1) is 0 Å². The number of hydrogen-bond donors (Lipinski definition) is 2. The highest BCUT2D eigenvalue weighted by molar-refractivity contribution is 6.00. The number of rotatable bonds is 3. The van der Waals surface area contributed by atoms with Crippen LogP contribution in [0.5, 0.6) is 0 Å². The van der Waals surface area contributed by atoms with E-state index < -0.39 is 11.8 Å². The van der Waals surface area contributed by atoms with Crippen LogP contribution >= 0.6 is 0 Å². The summed E-state index contributed by atoms with van der Waals surface area (Å²) >= 11 is 0. The minimum atomic E-state index is -0.638. The molecule has 1 aliphatic heterocycles. The summed E-state index contributed by atoms with van der Waals surface area (Å²) in [7, 11) is 0. The standard InChI is InChI=1S/C11H14N4O3/c12-10(16)7-6-14-8(11(13)17)5-9(7)15-1-3-18-4-2-15/h5-6H,1-4H2,(H2,12,16)(H2,13,17). The van der Waals surface area contributed by atoms with Crippen molar-refractivity contribution in [1.29, 1.82) is 0 Å². The second kappa shape index (κ2) is 5.01. The molecule has 4 N–H and O–H groups in total. The summed E-state index contributed by atoms with van der Waals surface area (Å²) in [6.07, 6.45) is 1.28. The van der Waals surface area contributed by atoms with Gasteiger partial charge in [-0.1, -0.05) is 0 Å². The Hall–Kier alpha value is -2.15. The normalized spacial score (nSPS) is 15.4. The average molecular weight is 250 g/mol. The van der Waals surface area contributed by atoms with Gasteiger partial charge in [-0.3, -0.25) is 14.6 Å². The fraction of sp³-hybridized carbons (Fsp3) is 0.364. The smallest absolute Gasteiger partial charge is 0.267 e. The summed E-state index contributed by atoms with van der Waals surface area (Å²) in [6, 6.07) is 1.49. The van der Waals surface area contributed by atoms with Crippen molar-refractivity contribution in [2.45, 2.75) is 0 Å². The van der Waals surface area contributed by atoms with Gasteiger partial charge in [0.2, 0.25) is 0 Å². The highest BCUT2D eigenvalue weighted by Crippen LogP contribution is 2.21. The molecule has 0 aromatic carbocycles. The third-order valence-corrected chi connectivity index (χ3v) is 2.75. The van der Waals surface area contributed by atoms with Crippen LogP contribution in [-0.2, 0) is 4.74 Å². The molecule has 7 heteroatoms. The maximum absolute atomic E-state index is 11.4. The highest BCUT2D eigenvalue weighted by Gasteiger charge is 2.19. The lowest BCUT2D eigenvalue weighted by Gasteiger charge is -2.30. The first-order valence-corrected chi connectivity index (χ1v) is 5.52. The molecule has 0 spiro atoms. The Balaban J connectivity index is 2.42. The fourth-order valence-electron chi connectivity index (χ4n) is 1.84. The van der Waals surface area contributed by atoms with Crippen LogP contribution in [0.1, 0.15) is 20.8 Å². The second-order valence-corrected chi connectivity index (χ2v) is 3.91. The largest absolute Gasteiger partial charge is 0.378 e. The number of amides is 2. The van der Waals surface area contributed by atoms with E-state index in [1.165, 1.54) is 12.3 Å². The van der Waals surface area contributed by atoms with Gasteiger partial charge in [0, 0.05) is 19.3 Å². The summed E-state index contributed by atoms with van der Waals surface area (Å²) < 4.78 is 5.23. The molecule has 2 heterocycles. The van der Waals surface area contributed by atoms with Gasteiger partial charge in [0.05, 0.1) is 24.5 Å². The van der Waals surface area contributed by atoms with Gasteiger partial charge in [0.15, 0.2) is 0 Å². The SMILES string of the molecule is NC(=O)c1cc(N2CCOCC2)c(C(N)=O)cn1. The first-order valence-electron chi connectivity index (χ1n) is 5.52. The van der Waals surface area contributed by atoms with Gasteiger partial charge in [-0.25, -0.2) is 0 Å². The number of anilines is 1. The molecular formula is C11H14N4O3. The van der Waals surface area contributed by atoms with Gasteiger partial charge in [0.1, 0.15) is 5.69 Å². The van der Waals surface area contributed by atoms with E-state index in [2.05, 4.69) is 4.98 Å². The van der Waals surface area contributed by atoms with Crippen LogP contribution in [-0.4, -0.2) is 43.1 Å². The van der Waals surface area contributed by atoms with Crippen LogP contribution in [0.3, 0.4) is 0 Å². The minimum Gasteiger partial charge on any atom is -0.378 e. The maximum atomic E-state index is 11.4. The molecule has 0 aliphatic carbocycles. The number of aromatic nitrogens is 1. The summed E-state index contributed by atoms with van der Waals surface area (Å²) in [6.45, 7) is 2.38. The Morgan fingerprint density at radius 3 is 2.44 bits per heavy atom. The lowest BCUT2D eigenvalue weighted by atomic mass is 10.1. The van der Waals surface area contributed by atoms with E-state index in [-0.39, 0.29) is 11.3 Å². The van der Waals surface area contributed by atoms with Crippen molar-refractivity contribution in [1.82, 2.24) is 4.98 Å². The maximum Gasteiger partial charge on any atom is 0.267 e. The molecule has 1 aromatic rings. The number of carbonyl (C=O) groups excluding carboxylic acids is 2. The van der Waals surface area contributed by atoms with E-state index in [4.69, 9.17) is 16.2 Å². The number of morpholine rings is 1. The number of primary amides is 2. The number of carbonyl (C=O) groups is 2. The van der Waals surface area contributed by atoms with Crippen LogP contribution in [0.4, 0.5) is 5.69 Å². The molecular weight excluding hydrogens is 236 g/mol. The van der Waals surface area contributed by atoms with E-state index in [0.717, 1.165) is 0 Å². The van der Waals surface area contributed by atoms with E-state index in [0.29, 0.717) is 32.0 Å². The Morgan fingerprint density at radius 1 is 1.22 bits per heavy atom. The Labute approximate surface area is 104 Å². The zero-order valence-corrected chi connectivity index (χ0v) is 9.76. The fourth-order valence-corrected chi connectivity index (χ4v) is 1.84. The zero-order valence-electron chi connectivity index (χ0n) is 9.76. The molecule has 96 valence electrons. The molecule has 0 radical (unpaired) electrons. The van der Waals surface area contributed by atoms with Gasteiger partial charge >= 0.3 is 0 Å². The highest BCUT2D eigenvalue weighted by atomic mass is 16.5. The minimum absolute atomic E-state index is 0.112. The van der Waals surface area contributed by atoms with Crippen LogP contribution < -0.4 is 16.4 Å². The monoisotopic (exact) mass is 250 g/mol. The molecule has 1 aromatic heterocycles. The van der Waals surface area contributed by atoms with Crippen LogP contribution in [0.25, 0.3) is 0 Å². The molecule has 1 aliphatic rings. The average Bonchev–Trinajstić information content (AvgIpc) is 2.39. The molecule has 18 heavy (non-hydrogen) atoms. The van der Waals surface area contributed by atoms with Gasteiger partial charge < -0.3 is 21.1 Å². The Morgan fingerprint density at radius 2 is 1.89 bits per heavy atom. The summed E-state index contributed by atoms with van der Waals surface area (Å²) in [5, 5.41) is 0. The van der Waals surface area contributed by atoms with Crippen molar-refractivity contribution in [3.63, 3.8) is 0 Å². The van der Waals surface area contributed by atoms with E-state index in [1.54, 1.807) is 0 Å². The number of pyridine rings is 1. The van der Waals surface area contributed by atoms with Crippen molar-refractivity contribution in [2.75, 3.05) is 31.2 Å². The molecule has 2 rings (SSSR count). The molecule has 7 nitrogen and oxygen atoms in total.